The number of carbonyl (C=O) groups excluding carboxylic acids is 1. The van der Waals surface area contributed by atoms with E-state index in [0.717, 1.165) is 73.6 Å². The van der Waals surface area contributed by atoms with Crippen LogP contribution in [0.25, 0.3) is 10.2 Å². The Hall–Kier alpha value is -2.47. The lowest BCUT2D eigenvalue weighted by atomic mass is 9.88. The molecule has 6 heteroatoms. The van der Waals surface area contributed by atoms with Crippen LogP contribution in [-0.4, -0.2) is 42.0 Å². The van der Waals surface area contributed by atoms with Crippen molar-refractivity contribution in [1.82, 2.24) is 9.88 Å². The normalized spacial score (nSPS) is 18.6. The number of benzene rings is 2. The van der Waals surface area contributed by atoms with Gasteiger partial charge in [-0.15, -0.1) is 0 Å². The molecule has 2 aliphatic rings. The summed E-state index contributed by atoms with van der Waals surface area (Å²) < 4.78 is 14.3. The van der Waals surface area contributed by atoms with E-state index in [-0.39, 0.29) is 11.7 Å². The van der Waals surface area contributed by atoms with Crippen LogP contribution in [0.2, 0.25) is 0 Å². The van der Waals surface area contributed by atoms with Gasteiger partial charge in [0, 0.05) is 32.1 Å². The number of thiazole rings is 1. The third kappa shape index (κ3) is 4.59. The summed E-state index contributed by atoms with van der Waals surface area (Å²) in [6.07, 6.45) is 5.05. The van der Waals surface area contributed by atoms with E-state index in [9.17, 15) is 9.18 Å². The molecule has 0 radical (unpaired) electrons. The van der Waals surface area contributed by atoms with Crippen molar-refractivity contribution in [2.45, 2.75) is 32.1 Å². The van der Waals surface area contributed by atoms with Crippen LogP contribution in [0.15, 0.2) is 48.5 Å². The monoisotopic (exact) mass is 437 g/mol. The van der Waals surface area contributed by atoms with Gasteiger partial charge in [-0.05, 0) is 61.8 Å². The summed E-state index contributed by atoms with van der Waals surface area (Å²) in [5.74, 6) is 0.912. The van der Waals surface area contributed by atoms with Crippen molar-refractivity contribution in [3.63, 3.8) is 0 Å². The number of piperidine rings is 2. The quantitative estimate of drug-likeness (QED) is 0.568. The van der Waals surface area contributed by atoms with Crippen LogP contribution in [0.3, 0.4) is 0 Å². The molecule has 0 bridgehead atoms. The highest BCUT2D eigenvalue weighted by Crippen LogP contribution is 2.33. The molecular formula is C25H28FN3OS. The SMILES string of the molecule is O=C(C1CCN(c2nc3ccc(F)cc3s2)CC1)N1CCC(Cc2ccccc2)CC1. The van der Waals surface area contributed by atoms with Gasteiger partial charge in [0.15, 0.2) is 5.13 Å². The van der Waals surface area contributed by atoms with Crippen molar-refractivity contribution in [3.05, 3.63) is 59.9 Å². The van der Waals surface area contributed by atoms with Gasteiger partial charge in [0.25, 0.3) is 0 Å². The van der Waals surface area contributed by atoms with Crippen molar-refractivity contribution >= 4 is 32.6 Å². The highest BCUT2D eigenvalue weighted by Gasteiger charge is 2.31. The number of nitrogens with zero attached hydrogens (tertiary/aromatic N) is 3. The average Bonchev–Trinajstić information content (AvgIpc) is 3.23. The maximum absolute atomic E-state index is 13.5. The lowest BCUT2D eigenvalue weighted by Crippen LogP contribution is -2.45. The van der Waals surface area contributed by atoms with Crippen LogP contribution < -0.4 is 4.90 Å². The number of aromatic nitrogens is 1. The van der Waals surface area contributed by atoms with Crippen molar-refractivity contribution in [2.75, 3.05) is 31.1 Å². The number of likely N-dealkylation sites (tertiary alicyclic amines) is 1. The molecule has 2 fully saturated rings. The van der Waals surface area contributed by atoms with Gasteiger partial charge < -0.3 is 9.80 Å². The molecule has 0 spiro atoms. The van der Waals surface area contributed by atoms with E-state index in [0.29, 0.717) is 11.8 Å². The summed E-state index contributed by atoms with van der Waals surface area (Å²) in [4.78, 5) is 22.1. The zero-order valence-electron chi connectivity index (χ0n) is 17.7. The summed E-state index contributed by atoms with van der Waals surface area (Å²) in [5, 5.41) is 0.938. The Morgan fingerprint density at radius 1 is 1.00 bits per heavy atom. The first-order valence-electron chi connectivity index (χ1n) is 11.3. The number of anilines is 1. The van der Waals surface area contributed by atoms with E-state index in [2.05, 4.69) is 45.1 Å². The summed E-state index contributed by atoms with van der Waals surface area (Å²) >= 11 is 1.54. The smallest absolute Gasteiger partial charge is 0.225 e. The first-order chi connectivity index (χ1) is 15.2. The Kier molecular flexibility index (Phi) is 5.90. The molecule has 3 aromatic rings. The molecule has 5 rings (SSSR count). The number of amides is 1. The molecule has 0 N–H and O–H groups in total. The number of rotatable bonds is 4. The van der Waals surface area contributed by atoms with E-state index < -0.39 is 0 Å². The summed E-state index contributed by atoms with van der Waals surface area (Å²) in [7, 11) is 0. The maximum atomic E-state index is 13.5. The predicted molar refractivity (Wildman–Crippen MR) is 124 cm³/mol. The number of hydrogen-bond donors (Lipinski definition) is 0. The van der Waals surface area contributed by atoms with Crippen LogP contribution in [0.4, 0.5) is 9.52 Å². The fourth-order valence-corrected chi connectivity index (χ4v) is 5.94. The number of fused-ring (bicyclic) bond motifs is 1. The Balaban J connectivity index is 1.12. The molecule has 2 aliphatic heterocycles. The zero-order chi connectivity index (χ0) is 21.2. The second kappa shape index (κ2) is 8.95. The third-order valence-electron chi connectivity index (χ3n) is 6.75. The van der Waals surface area contributed by atoms with Gasteiger partial charge in [0.05, 0.1) is 10.2 Å². The summed E-state index contributed by atoms with van der Waals surface area (Å²) in [6, 6.07) is 15.4. The van der Waals surface area contributed by atoms with Crippen LogP contribution in [0.1, 0.15) is 31.2 Å². The molecule has 0 unspecified atom stereocenters. The number of halogens is 1. The minimum atomic E-state index is -0.223. The van der Waals surface area contributed by atoms with Gasteiger partial charge in [-0.3, -0.25) is 4.79 Å². The minimum absolute atomic E-state index is 0.119. The van der Waals surface area contributed by atoms with Crippen molar-refractivity contribution < 1.29 is 9.18 Å². The highest BCUT2D eigenvalue weighted by atomic mass is 32.1. The Labute approximate surface area is 186 Å². The van der Waals surface area contributed by atoms with E-state index in [1.54, 1.807) is 12.1 Å². The molecule has 4 nitrogen and oxygen atoms in total. The van der Waals surface area contributed by atoms with Crippen LogP contribution in [0, 0.1) is 17.7 Å². The van der Waals surface area contributed by atoms with Crippen LogP contribution in [-0.2, 0) is 11.2 Å². The topological polar surface area (TPSA) is 36.4 Å². The minimum Gasteiger partial charge on any atom is -0.348 e. The van der Waals surface area contributed by atoms with Crippen LogP contribution >= 0.6 is 11.3 Å². The molecule has 2 saturated heterocycles. The second-order valence-corrected chi connectivity index (χ2v) is 9.84. The molecule has 1 amide bonds. The molecule has 0 saturated carbocycles. The third-order valence-corrected chi connectivity index (χ3v) is 7.83. The van der Waals surface area contributed by atoms with Gasteiger partial charge in [-0.25, -0.2) is 9.37 Å². The molecule has 162 valence electrons. The second-order valence-electron chi connectivity index (χ2n) is 8.83. The van der Waals surface area contributed by atoms with Gasteiger partial charge >= 0.3 is 0 Å². The average molecular weight is 438 g/mol. The first kappa shape index (κ1) is 20.4. The highest BCUT2D eigenvalue weighted by molar-refractivity contribution is 7.22. The van der Waals surface area contributed by atoms with E-state index in [1.165, 1.54) is 23.0 Å². The Morgan fingerprint density at radius 3 is 2.48 bits per heavy atom. The molecule has 3 heterocycles. The Morgan fingerprint density at radius 2 is 1.74 bits per heavy atom. The van der Waals surface area contributed by atoms with Crippen molar-refractivity contribution in [1.29, 1.82) is 0 Å². The van der Waals surface area contributed by atoms with Crippen molar-refractivity contribution in [2.24, 2.45) is 11.8 Å². The lowest BCUT2D eigenvalue weighted by Gasteiger charge is -2.37. The molecule has 1 aromatic heterocycles. The zero-order valence-corrected chi connectivity index (χ0v) is 18.5. The largest absolute Gasteiger partial charge is 0.348 e. The van der Waals surface area contributed by atoms with E-state index >= 15 is 0 Å². The first-order valence-corrected chi connectivity index (χ1v) is 12.1. The van der Waals surface area contributed by atoms with Gasteiger partial charge in [0.1, 0.15) is 5.82 Å². The maximum Gasteiger partial charge on any atom is 0.225 e. The van der Waals surface area contributed by atoms with Gasteiger partial charge in [0.2, 0.25) is 5.91 Å². The van der Waals surface area contributed by atoms with Gasteiger partial charge in [-0.2, -0.15) is 0 Å². The fourth-order valence-electron chi connectivity index (χ4n) is 4.90. The fraction of sp³-hybridized carbons (Fsp3) is 0.440. The lowest BCUT2D eigenvalue weighted by molar-refractivity contribution is -0.137. The number of hydrogen-bond acceptors (Lipinski definition) is 4. The summed E-state index contributed by atoms with van der Waals surface area (Å²) in [6.45, 7) is 3.45. The molecule has 0 aliphatic carbocycles. The van der Waals surface area contributed by atoms with Crippen LogP contribution in [0.5, 0.6) is 0 Å². The Bertz CT molecular complexity index is 1040. The van der Waals surface area contributed by atoms with E-state index in [1.807, 2.05) is 0 Å². The standard InChI is InChI=1S/C25H28FN3OS/c26-21-6-7-22-23(17-21)31-25(27-22)29-14-10-20(11-15-29)24(30)28-12-8-19(9-13-28)16-18-4-2-1-3-5-18/h1-7,17,19-20H,8-16H2. The molecular weight excluding hydrogens is 409 g/mol. The summed E-state index contributed by atoms with van der Waals surface area (Å²) in [5.41, 5.74) is 2.25. The molecule has 0 atom stereocenters. The van der Waals surface area contributed by atoms with Gasteiger partial charge in [-0.1, -0.05) is 41.7 Å². The number of carbonyl (C=O) groups is 1. The van der Waals surface area contributed by atoms with Crippen molar-refractivity contribution in [3.8, 4) is 0 Å². The predicted octanol–water partition coefficient (Wildman–Crippen LogP) is 5.13. The molecule has 2 aromatic carbocycles. The molecule has 31 heavy (non-hydrogen) atoms. The van der Waals surface area contributed by atoms with E-state index in [4.69, 9.17) is 0 Å².